The second-order valence-corrected chi connectivity index (χ2v) is 7.68. The van der Waals surface area contributed by atoms with Gasteiger partial charge in [0.2, 0.25) is 0 Å². The fourth-order valence-corrected chi connectivity index (χ4v) is 3.86. The van der Waals surface area contributed by atoms with Crippen LogP contribution in [0.1, 0.15) is 30.4 Å². The highest BCUT2D eigenvalue weighted by atomic mass is 16.5. The lowest BCUT2D eigenvalue weighted by Crippen LogP contribution is -2.12. The average molecular weight is 442 g/mol. The van der Waals surface area contributed by atoms with Crippen LogP contribution in [0.15, 0.2) is 85.5 Å². The first-order chi connectivity index (χ1) is 16.2. The molecular formula is C26H27N5O2. The van der Waals surface area contributed by atoms with E-state index in [2.05, 4.69) is 75.4 Å². The molecule has 0 radical (unpaired) electrons. The van der Waals surface area contributed by atoms with Gasteiger partial charge in [0.1, 0.15) is 11.8 Å². The number of carbonyl (C=O) groups is 1. The van der Waals surface area contributed by atoms with E-state index in [1.165, 1.54) is 17.5 Å². The van der Waals surface area contributed by atoms with Gasteiger partial charge in [-0.2, -0.15) is 0 Å². The van der Waals surface area contributed by atoms with Gasteiger partial charge >= 0.3 is 5.97 Å². The standard InChI is InChI=1S/C26H27N5O2/c1-3-33-26(32)19(2)16-31-18-30-23-24(28-17-29-25(23)31)27-15-14-22(20-10-6-4-7-11-20)21-12-8-5-9-13-21/h4-13,17-18,22H,2-3,14-16H2,1H3,(H,27,28,29). The third-order valence-corrected chi connectivity index (χ3v) is 5.46. The Labute approximate surface area is 193 Å². The van der Waals surface area contributed by atoms with Gasteiger partial charge in [-0.15, -0.1) is 0 Å². The lowest BCUT2D eigenvalue weighted by molar-refractivity contribution is -0.138. The van der Waals surface area contributed by atoms with E-state index in [1.54, 1.807) is 17.8 Å². The van der Waals surface area contributed by atoms with Gasteiger partial charge in [-0.05, 0) is 24.5 Å². The van der Waals surface area contributed by atoms with E-state index in [4.69, 9.17) is 4.74 Å². The fourth-order valence-electron chi connectivity index (χ4n) is 3.86. The minimum atomic E-state index is -0.417. The lowest BCUT2D eigenvalue weighted by Gasteiger charge is -2.18. The second-order valence-electron chi connectivity index (χ2n) is 7.68. The highest BCUT2D eigenvalue weighted by Crippen LogP contribution is 2.28. The smallest absolute Gasteiger partial charge is 0.335 e. The topological polar surface area (TPSA) is 81.9 Å². The molecule has 0 saturated carbocycles. The zero-order valence-corrected chi connectivity index (χ0v) is 18.6. The van der Waals surface area contributed by atoms with Gasteiger partial charge in [0.05, 0.1) is 19.5 Å². The number of rotatable bonds is 10. The molecule has 0 spiro atoms. The highest BCUT2D eigenvalue weighted by molar-refractivity contribution is 5.88. The molecule has 168 valence electrons. The molecule has 0 saturated heterocycles. The molecule has 2 heterocycles. The van der Waals surface area contributed by atoms with E-state index in [0.29, 0.717) is 35.7 Å². The molecule has 0 atom stereocenters. The van der Waals surface area contributed by atoms with E-state index < -0.39 is 5.97 Å². The predicted octanol–water partition coefficient (Wildman–Crippen LogP) is 4.58. The summed E-state index contributed by atoms with van der Waals surface area (Å²) in [7, 11) is 0. The molecule has 2 aromatic heterocycles. The molecule has 0 aliphatic rings. The lowest BCUT2D eigenvalue weighted by atomic mass is 9.88. The number of hydrogen-bond acceptors (Lipinski definition) is 6. The van der Waals surface area contributed by atoms with Crippen molar-refractivity contribution < 1.29 is 9.53 Å². The number of imidazole rings is 1. The fraction of sp³-hybridized carbons (Fsp3) is 0.231. The van der Waals surface area contributed by atoms with Gasteiger partial charge < -0.3 is 14.6 Å². The number of carbonyl (C=O) groups excluding carboxylic acids is 1. The van der Waals surface area contributed by atoms with Gasteiger partial charge in [-0.1, -0.05) is 67.2 Å². The molecule has 0 bridgehead atoms. The zero-order valence-electron chi connectivity index (χ0n) is 18.6. The minimum absolute atomic E-state index is 0.260. The SMILES string of the molecule is C=C(Cn1cnc2c(NCCC(c3ccccc3)c3ccccc3)ncnc21)C(=O)OCC. The predicted molar refractivity (Wildman–Crippen MR) is 129 cm³/mol. The van der Waals surface area contributed by atoms with Crippen molar-refractivity contribution in [1.29, 1.82) is 0 Å². The van der Waals surface area contributed by atoms with E-state index >= 15 is 0 Å². The molecule has 0 fully saturated rings. The number of esters is 1. The van der Waals surface area contributed by atoms with Crippen molar-refractivity contribution in [3.8, 4) is 0 Å². The molecule has 0 aliphatic carbocycles. The Morgan fingerprint density at radius 2 is 1.70 bits per heavy atom. The summed E-state index contributed by atoms with van der Waals surface area (Å²) in [5.41, 5.74) is 4.20. The van der Waals surface area contributed by atoms with Crippen LogP contribution in [0.2, 0.25) is 0 Å². The number of nitrogens with zero attached hydrogens (tertiary/aromatic N) is 4. The van der Waals surface area contributed by atoms with E-state index in [-0.39, 0.29) is 12.5 Å². The van der Waals surface area contributed by atoms with Crippen LogP contribution in [-0.2, 0) is 16.1 Å². The van der Waals surface area contributed by atoms with Gasteiger partial charge in [0, 0.05) is 18.0 Å². The summed E-state index contributed by atoms with van der Waals surface area (Å²) in [4.78, 5) is 25.1. The number of nitrogens with one attached hydrogen (secondary N) is 1. The Hall–Kier alpha value is -4.00. The Kier molecular flexibility index (Phi) is 7.09. The number of aromatic nitrogens is 4. The van der Waals surface area contributed by atoms with Crippen molar-refractivity contribution in [2.24, 2.45) is 0 Å². The maximum Gasteiger partial charge on any atom is 0.335 e. The summed E-state index contributed by atoms with van der Waals surface area (Å²) in [6, 6.07) is 21.0. The zero-order chi connectivity index (χ0) is 23.0. The molecule has 33 heavy (non-hydrogen) atoms. The van der Waals surface area contributed by atoms with Gasteiger partial charge in [0.15, 0.2) is 11.5 Å². The van der Waals surface area contributed by atoms with Crippen LogP contribution in [-0.4, -0.2) is 38.6 Å². The summed E-state index contributed by atoms with van der Waals surface area (Å²) in [5, 5.41) is 3.43. The Bertz CT molecular complexity index is 1180. The van der Waals surface area contributed by atoms with E-state index in [1.807, 2.05) is 12.1 Å². The molecule has 4 aromatic rings. The first-order valence-corrected chi connectivity index (χ1v) is 11.0. The normalized spacial score (nSPS) is 11.0. The molecule has 0 unspecified atom stereocenters. The maximum absolute atomic E-state index is 11.9. The van der Waals surface area contributed by atoms with Gasteiger partial charge in [0.25, 0.3) is 0 Å². The minimum Gasteiger partial charge on any atom is -0.463 e. The van der Waals surface area contributed by atoms with Crippen molar-refractivity contribution in [3.63, 3.8) is 0 Å². The number of hydrogen-bond donors (Lipinski definition) is 1. The number of ether oxygens (including phenoxy) is 1. The number of anilines is 1. The van der Waals surface area contributed by atoms with Gasteiger partial charge in [-0.25, -0.2) is 19.7 Å². The second kappa shape index (κ2) is 10.5. The van der Waals surface area contributed by atoms with Crippen LogP contribution < -0.4 is 5.32 Å². The molecule has 7 nitrogen and oxygen atoms in total. The summed E-state index contributed by atoms with van der Waals surface area (Å²) < 4.78 is 6.80. The molecule has 7 heteroatoms. The largest absolute Gasteiger partial charge is 0.463 e. The van der Waals surface area contributed by atoms with Crippen LogP contribution in [0.3, 0.4) is 0 Å². The Morgan fingerprint density at radius 1 is 1.03 bits per heavy atom. The monoisotopic (exact) mass is 441 g/mol. The van der Waals surface area contributed by atoms with Crippen molar-refractivity contribution in [2.45, 2.75) is 25.8 Å². The number of benzene rings is 2. The third-order valence-electron chi connectivity index (χ3n) is 5.46. The Balaban J connectivity index is 1.48. The third kappa shape index (κ3) is 5.26. The quantitative estimate of drug-likeness (QED) is 0.287. The van der Waals surface area contributed by atoms with Crippen molar-refractivity contribution in [1.82, 2.24) is 19.5 Å². The summed E-state index contributed by atoms with van der Waals surface area (Å²) in [6.07, 6.45) is 4.04. The van der Waals surface area contributed by atoms with Crippen molar-refractivity contribution in [3.05, 3.63) is 96.6 Å². The molecule has 1 N–H and O–H groups in total. The van der Waals surface area contributed by atoms with Crippen LogP contribution in [0.5, 0.6) is 0 Å². The van der Waals surface area contributed by atoms with Crippen LogP contribution >= 0.6 is 0 Å². The average Bonchev–Trinajstić information content (AvgIpc) is 3.26. The highest BCUT2D eigenvalue weighted by Gasteiger charge is 2.16. The molecule has 0 aliphatic heterocycles. The van der Waals surface area contributed by atoms with Gasteiger partial charge in [-0.3, -0.25) is 0 Å². The molecule has 0 amide bonds. The molecular weight excluding hydrogens is 414 g/mol. The van der Waals surface area contributed by atoms with Crippen LogP contribution in [0.4, 0.5) is 5.82 Å². The molecule has 2 aromatic carbocycles. The first kappa shape index (κ1) is 22.2. The van der Waals surface area contributed by atoms with Crippen molar-refractivity contribution >= 4 is 23.0 Å². The summed E-state index contributed by atoms with van der Waals surface area (Å²) >= 11 is 0. The summed E-state index contributed by atoms with van der Waals surface area (Å²) in [5.74, 6) is 0.516. The first-order valence-electron chi connectivity index (χ1n) is 11.0. The van der Waals surface area contributed by atoms with Crippen LogP contribution in [0.25, 0.3) is 11.2 Å². The van der Waals surface area contributed by atoms with E-state index in [9.17, 15) is 4.79 Å². The summed E-state index contributed by atoms with van der Waals surface area (Å²) in [6.45, 7) is 6.87. The van der Waals surface area contributed by atoms with E-state index in [0.717, 1.165) is 6.42 Å². The number of fused-ring (bicyclic) bond motifs is 1. The van der Waals surface area contributed by atoms with Crippen LogP contribution in [0, 0.1) is 0 Å². The molecule has 4 rings (SSSR count). The maximum atomic E-state index is 11.9. The Morgan fingerprint density at radius 3 is 2.33 bits per heavy atom. The van der Waals surface area contributed by atoms with Crippen molar-refractivity contribution in [2.75, 3.05) is 18.5 Å².